The Bertz CT molecular complexity index is 450. The number of aryl methyl sites for hydroxylation is 1. The quantitative estimate of drug-likeness (QED) is 0.893. The third-order valence-corrected chi connectivity index (χ3v) is 3.30. The fraction of sp³-hybridized carbons (Fsp3) is 0.500. The molecule has 0 radical (unpaired) electrons. The van der Waals surface area contributed by atoms with Gasteiger partial charge in [0, 0.05) is 12.1 Å². The Hall–Kier alpha value is -1.56. The van der Waals surface area contributed by atoms with Crippen LogP contribution in [0.2, 0.25) is 0 Å². The number of hydrogen-bond acceptors (Lipinski definition) is 2. The van der Waals surface area contributed by atoms with Gasteiger partial charge >= 0.3 is 6.18 Å². The zero-order valence-corrected chi connectivity index (χ0v) is 11.0. The summed E-state index contributed by atoms with van der Waals surface area (Å²) in [5, 5.41) is 5.85. The van der Waals surface area contributed by atoms with E-state index in [0.717, 1.165) is 19.4 Å². The van der Waals surface area contributed by atoms with Crippen molar-refractivity contribution < 1.29 is 18.0 Å². The van der Waals surface area contributed by atoms with E-state index < -0.39 is 12.6 Å². The van der Waals surface area contributed by atoms with Gasteiger partial charge in [0.05, 0.1) is 6.04 Å². The first-order chi connectivity index (χ1) is 9.44. The minimum atomic E-state index is -4.14. The number of halogens is 3. The van der Waals surface area contributed by atoms with Crippen molar-refractivity contribution in [3.8, 4) is 0 Å². The van der Waals surface area contributed by atoms with Gasteiger partial charge < -0.3 is 10.6 Å². The minimum absolute atomic E-state index is 0.0398. The van der Waals surface area contributed by atoms with Crippen LogP contribution in [0.25, 0.3) is 0 Å². The van der Waals surface area contributed by atoms with Gasteiger partial charge in [0.25, 0.3) is 0 Å². The van der Waals surface area contributed by atoms with Gasteiger partial charge in [0.15, 0.2) is 0 Å². The van der Waals surface area contributed by atoms with Crippen LogP contribution in [-0.2, 0) is 11.2 Å². The third kappa shape index (κ3) is 4.52. The van der Waals surface area contributed by atoms with E-state index in [4.69, 9.17) is 0 Å². The molecule has 1 heterocycles. The SMILES string of the molecule is O=C(Nc1ccc(CCC(F)(F)F)cc1)C1CCCN1. The fourth-order valence-electron chi connectivity index (χ4n) is 2.18. The molecule has 2 N–H and O–H groups in total. The lowest BCUT2D eigenvalue weighted by Gasteiger charge is -2.11. The van der Waals surface area contributed by atoms with Crippen LogP contribution < -0.4 is 10.6 Å². The van der Waals surface area contributed by atoms with Crippen molar-refractivity contribution in [2.24, 2.45) is 0 Å². The predicted octanol–water partition coefficient (Wildman–Crippen LogP) is 2.87. The molecule has 6 heteroatoms. The van der Waals surface area contributed by atoms with Gasteiger partial charge in [0.1, 0.15) is 0 Å². The van der Waals surface area contributed by atoms with Gasteiger partial charge in [-0.1, -0.05) is 12.1 Å². The van der Waals surface area contributed by atoms with Crippen LogP contribution in [-0.4, -0.2) is 24.7 Å². The third-order valence-electron chi connectivity index (χ3n) is 3.30. The molecule has 2 rings (SSSR count). The van der Waals surface area contributed by atoms with Crippen molar-refractivity contribution in [3.05, 3.63) is 29.8 Å². The number of nitrogens with one attached hydrogen (secondary N) is 2. The monoisotopic (exact) mass is 286 g/mol. The number of benzene rings is 1. The molecule has 0 spiro atoms. The van der Waals surface area contributed by atoms with Gasteiger partial charge in [-0.15, -0.1) is 0 Å². The van der Waals surface area contributed by atoms with Crippen LogP contribution in [0.15, 0.2) is 24.3 Å². The number of anilines is 1. The van der Waals surface area contributed by atoms with Crippen molar-refractivity contribution in [2.45, 2.75) is 37.9 Å². The summed E-state index contributed by atoms with van der Waals surface area (Å²) in [5.74, 6) is -0.0921. The fourth-order valence-corrected chi connectivity index (χ4v) is 2.18. The highest BCUT2D eigenvalue weighted by Gasteiger charge is 2.26. The normalized spacial score (nSPS) is 19.1. The van der Waals surface area contributed by atoms with Crippen LogP contribution in [0.1, 0.15) is 24.8 Å². The number of hydrogen-bond donors (Lipinski definition) is 2. The Morgan fingerprint density at radius 2 is 2.00 bits per heavy atom. The van der Waals surface area contributed by atoms with Gasteiger partial charge in [-0.25, -0.2) is 0 Å². The Morgan fingerprint density at radius 3 is 2.55 bits per heavy atom. The second-order valence-corrected chi connectivity index (χ2v) is 4.95. The number of amides is 1. The number of alkyl halides is 3. The summed E-state index contributed by atoms with van der Waals surface area (Å²) >= 11 is 0. The van der Waals surface area contributed by atoms with Crippen molar-refractivity contribution in [2.75, 3.05) is 11.9 Å². The molecule has 1 unspecified atom stereocenters. The van der Waals surface area contributed by atoms with Crippen LogP contribution in [0, 0.1) is 0 Å². The molecule has 3 nitrogen and oxygen atoms in total. The van der Waals surface area contributed by atoms with Crippen molar-refractivity contribution in [3.63, 3.8) is 0 Å². The minimum Gasteiger partial charge on any atom is -0.325 e. The number of rotatable bonds is 4. The van der Waals surface area contributed by atoms with E-state index in [2.05, 4.69) is 10.6 Å². The van der Waals surface area contributed by atoms with E-state index in [-0.39, 0.29) is 18.4 Å². The van der Waals surface area contributed by atoms with Gasteiger partial charge in [-0.2, -0.15) is 13.2 Å². The van der Waals surface area contributed by atoms with Crippen LogP contribution in [0.4, 0.5) is 18.9 Å². The zero-order chi connectivity index (χ0) is 14.6. The first kappa shape index (κ1) is 14.8. The number of carbonyl (C=O) groups excluding carboxylic acids is 1. The smallest absolute Gasteiger partial charge is 0.325 e. The average molecular weight is 286 g/mol. The number of carbonyl (C=O) groups is 1. The lowest BCUT2D eigenvalue weighted by Crippen LogP contribution is -2.35. The van der Waals surface area contributed by atoms with Crippen LogP contribution in [0.3, 0.4) is 0 Å². The van der Waals surface area contributed by atoms with Crippen LogP contribution in [0.5, 0.6) is 0 Å². The topological polar surface area (TPSA) is 41.1 Å². The summed E-state index contributed by atoms with van der Waals surface area (Å²) in [4.78, 5) is 11.8. The molecule has 110 valence electrons. The molecule has 1 aromatic carbocycles. The lowest BCUT2D eigenvalue weighted by molar-refractivity contribution is -0.134. The summed E-state index contributed by atoms with van der Waals surface area (Å²) in [7, 11) is 0. The molecule has 0 bridgehead atoms. The first-order valence-corrected chi connectivity index (χ1v) is 6.64. The summed E-state index contributed by atoms with van der Waals surface area (Å²) in [5.41, 5.74) is 1.22. The predicted molar refractivity (Wildman–Crippen MR) is 70.5 cm³/mol. The molecule has 0 aliphatic carbocycles. The largest absolute Gasteiger partial charge is 0.389 e. The molecule has 1 fully saturated rings. The van der Waals surface area contributed by atoms with E-state index in [0.29, 0.717) is 11.3 Å². The lowest BCUT2D eigenvalue weighted by atomic mass is 10.1. The molecular weight excluding hydrogens is 269 g/mol. The maximum atomic E-state index is 12.1. The van der Waals surface area contributed by atoms with Crippen LogP contribution >= 0.6 is 0 Å². The second kappa shape index (κ2) is 6.26. The van der Waals surface area contributed by atoms with Gasteiger partial charge in [-0.05, 0) is 43.5 Å². The first-order valence-electron chi connectivity index (χ1n) is 6.64. The summed E-state index contributed by atoms with van der Waals surface area (Å²) in [6.45, 7) is 0.842. The highest BCUT2D eigenvalue weighted by atomic mass is 19.4. The molecule has 1 saturated heterocycles. The van der Waals surface area contributed by atoms with E-state index in [1.165, 1.54) is 0 Å². The Balaban J connectivity index is 1.86. The molecule has 0 saturated carbocycles. The summed E-state index contributed by atoms with van der Waals surface area (Å²) < 4.78 is 36.3. The molecule has 1 aromatic rings. The van der Waals surface area contributed by atoms with E-state index >= 15 is 0 Å². The molecule has 1 aliphatic heterocycles. The van der Waals surface area contributed by atoms with E-state index in [1.54, 1.807) is 24.3 Å². The Labute approximate surface area is 115 Å². The maximum Gasteiger partial charge on any atom is 0.389 e. The maximum absolute atomic E-state index is 12.1. The molecular formula is C14H17F3N2O. The standard InChI is InChI=1S/C14H17F3N2O/c15-14(16,17)8-7-10-3-5-11(6-4-10)19-13(20)12-2-1-9-18-12/h3-6,12,18H,1-2,7-9H2,(H,19,20). The van der Waals surface area contributed by atoms with Crippen molar-refractivity contribution >= 4 is 11.6 Å². The Kier molecular flexibility index (Phi) is 4.65. The molecule has 0 aromatic heterocycles. The average Bonchev–Trinajstić information content (AvgIpc) is 2.91. The van der Waals surface area contributed by atoms with Crippen molar-refractivity contribution in [1.82, 2.24) is 5.32 Å². The molecule has 1 amide bonds. The van der Waals surface area contributed by atoms with E-state index in [9.17, 15) is 18.0 Å². The molecule has 1 atom stereocenters. The van der Waals surface area contributed by atoms with E-state index in [1.807, 2.05) is 0 Å². The van der Waals surface area contributed by atoms with Gasteiger partial charge in [-0.3, -0.25) is 4.79 Å². The summed E-state index contributed by atoms with van der Waals surface area (Å²) in [6, 6.07) is 6.34. The molecule has 20 heavy (non-hydrogen) atoms. The summed E-state index contributed by atoms with van der Waals surface area (Å²) in [6.07, 6.45) is -3.21. The zero-order valence-electron chi connectivity index (χ0n) is 11.0. The molecule has 1 aliphatic rings. The highest BCUT2D eigenvalue weighted by molar-refractivity contribution is 5.95. The Morgan fingerprint density at radius 1 is 1.30 bits per heavy atom. The second-order valence-electron chi connectivity index (χ2n) is 4.95. The van der Waals surface area contributed by atoms with Crippen molar-refractivity contribution in [1.29, 1.82) is 0 Å². The van der Waals surface area contributed by atoms with Gasteiger partial charge in [0.2, 0.25) is 5.91 Å². The highest BCUT2D eigenvalue weighted by Crippen LogP contribution is 2.22.